The number of nitrogens with two attached hydrogens (primary N) is 1. The van der Waals surface area contributed by atoms with E-state index in [0.29, 0.717) is 24.2 Å². The van der Waals surface area contributed by atoms with Crippen molar-refractivity contribution in [3.05, 3.63) is 41.2 Å². The highest BCUT2D eigenvalue weighted by Crippen LogP contribution is 2.23. The summed E-state index contributed by atoms with van der Waals surface area (Å²) in [6.07, 6.45) is 6.88. The van der Waals surface area contributed by atoms with Crippen LogP contribution >= 0.6 is 0 Å². The van der Waals surface area contributed by atoms with Gasteiger partial charge >= 0.3 is 0 Å². The Morgan fingerprint density at radius 2 is 1.68 bits per heavy atom. The zero-order chi connectivity index (χ0) is 17.9. The van der Waals surface area contributed by atoms with Gasteiger partial charge in [-0.3, -0.25) is 0 Å². The maximum atomic E-state index is 5.90. The monoisotopic (exact) mass is 339 g/mol. The van der Waals surface area contributed by atoms with Crippen molar-refractivity contribution in [2.24, 2.45) is 0 Å². The second-order valence-electron chi connectivity index (χ2n) is 8.04. The molecule has 1 saturated carbocycles. The molecule has 0 saturated heterocycles. The minimum Gasteiger partial charge on any atom is -0.368 e. The van der Waals surface area contributed by atoms with Crippen LogP contribution in [-0.2, 0) is 11.8 Å². The zero-order valence-electron chi connectivity index (χ0n) is 15.5. The Morgan fingerprint density at radius 3 is 2.32 bits per heavy atom. The SMILES string of the molecule is CC(C)(C)c1ccc(Cc2nc(N)nc(NC3CCCCC3)n2)cc1. The summed E-state index contributed by atoms with van der Waals surface area (Å²) in [6.45, 7) is 6.66. The summed E-state index contributed by atoms with van der Waals surface area (Å²) in [6, 6.07) is 9.11. The zero-order valence-corrected chi connectivity index (χ0v) is 15.5. The first-order valence-corrected chi connectivity index (χ1v) is 9.26. The molecule has 25 heavy (non-hydrogen) atoms. The molecule has 0 atom stereocenters. The quantitative estimate of drug-likeness (QED) is 0.877. The Bertz CT molecular complexity index is 697. The molecule has 0 bridgehead atoms. The lowest BCUT2D eigenvalue weighted by Crippen LogP contribution is -2.24. The molecule has 134 valence electrons. The predicted octanol–water partition coefficient (Wildman–Crippen LogP) is 4.09. The number of nitrogens with one attached hydrogen (secondary N) is 1. The number of rotatable bonds is 4. The van der Waals surface area contributed by atoms with Gasteiger partial charge in [-0.05, 0) is 29.4 Å². The summed E-state index contributed by atoms with van der Waals surface area (Å²) in [5.41, 5.74) is 8.56. The van der Waals surface area contributed by atoms with Gasteiger partial charge in [0, 0.05) is 12.5 Å². The third kappa shape index (κ3) is 4.91. The molecule has 0 unspecified atom stereocenters. The summed E-state index contributed by atoms with van der Waals surface area (Å²) in [5, 5.41) is 3.43. The van der Waals surface area contributed by atoms with E-state index in [0.717, 1.165) is 0 Å². The molecule has 0 aliphatic heterocycles. The highest BCUT2D eigenvalue weighted by Gasteiger charge is 2.16. The topological polar surface area (TPSA) is 76.7 Å². The first-order chi connectivity index (χ1) is 11.9. The summed E-state index contributed by atoms with van der Waals surface area (Å²) in [7, 11) is 0. The van der Waals surface area contributed by atoms with Crippen LogP contribution in [0.15, 0.2) is 24.3 Å². The largest absolute Gasteiger partial charge is 0.368 e. The molecule has 3 rings (SSSR count). The predicted molar refractivity (Wildman–Crippen MR) is 103 cm³/mol. The van der Waals surface area contributed by atoms with Crippen molar-refractivity contribution in [2.45, 2.75) is 70.8 Å². The van der Waals surface area contributed by atoms with Gasteiger partial charge in [0.05, 0.1) is 0 Å². The molecule has 5 heteroatoms. The molecule has 0 radical (unpaired) electrons. The standard InChI is InChI=1S/C20H29N5/c1-20(2,3)15-11-9-14(10-12-15)13-17-23-18(21)25-19(24-17)22-16-7-5-4-6-8-16/h9-12,16H,4-8,13H2,1-3H3,(H3,21,22,23,24,25). The molecular formula is C20H29N5. The molecule has 1 aromatic heterocycles. The van der Waals surface area contributed by atoms with Crippen LogP contribution in [0, 0.1) is 0 Å². The molecular weight excluding hydrogens is 310 g/mol. The first kappa shape index (κ1) is 17.6. The van der Waals surface area contributed by atoms with E-state index in [1.165, 1.54) is 43.2 Å². The van der Waals surface area contributed by atoms with E-state index in [1.54, 1.807) is 0 Å². The fraction of sp³-hybridized carbons (Fsp3) is 0.550. The van der Waals surface area contributed by atoms with E-state index >= 15 is 0 Å². The normalized spacial score (nSPS) is 16.0. The van der Waals surface area contributed by atoms with Gasteiger partial charge in [0.15, 0.2) is 0 Å². The van der Waals surface area contributed by atoms with Crippen LogP contribution in [0.4, 0.5) is 11.9 Å². The molecule has 2 aromatic rings. The maximum absolute atomic E-state index is 5.90. The van der Waals surface area contributed by atoms with Crippen molar-refractivity contribution in [1.29, 1.82) is 0 Å². The minimum atomic E-state index is 0.160. The molecule has 0 spiro atoms. The number of hydrogen-bond donors (Lipinski definition) is 2. The van der Waals surface area contributed by atoms with Crippen molar-refractivity contribution in [3.8, 4) is 0 Å². The smallest absolute Gasteiger partial charge is 0.227 e. The van der Waals surface area contributed by atoms with Gasteiger partial charge in [-0.15, -0.1) is 0 Å². The lowest BCUT2D eigenvalue weighted by molar-refractivity contribution is 0.460. The van der Waals surface area contributed by atoms with E-state index in [9.17, 15) is 0 Å². The number of nitrogen functional groups attached to an aromatic ring is 1. The lowest BCUT2D eigenvalue weighted by atomic mass is 9.86. The summed E-state index contributed by atoms with van der Waals surface area (Å²) < 4.78 is 0. The van der Waals surface area contributed by atoms with Crippen LogP contribution < -0.4 is 11.1 Å². The summed E-state index contributed by atoms with van der Waals surface area (Å²) >= 11 is 0. The Labute approximate surface area is 150 Å². The van der Waals surface area contributed by atoms with Crippen molar-refractivity contribution in [2.75, 3.05) is 11.1 Å². The van der Waals surface area contributed by atoms with E-state index in [1.807, 2.05) is 0 Å². The second-order valence-corrected chi connectivity index (χ2v) is 8.04. The van der Waals surface area contributed by atoms with Crippen LogP contribution in [0.1, 0.15) is 69.8 Å². The van der Waals surface area contributed by atoms with Crippen molar-refractivity contribution in [3.63, 3.8) is 0 Å². The third-order valence-electron chi connectivity index (χ3n) is 4.82. The summed E-state index contributed by atoms with van der Waals surface area (Å²) in [4.78, 5) is 13.2. The fourth-order valence-electron chi connectivity index (χ4n) is 3.32. The van der Waals surface area contributed by atoms with Crippen LogP contribution in [0.5, 0.6) is 0 Å². The highest BCUT2D eigenvalue weighted by molar-refractivity contribution is 5.34. The molecule has 3 N–H and O–H groups in total. The summed E-state index contributed by atoms with van der Waals surface area (Å²) in [5.74, 6) is 1.62. The Kier molecular flexibility index (Phi) is 5.21. The number of benzene rings is 1. The third-order valence-corrected chi connectivity index (χ3v) is 4.82. The Balaban J connectivity index is 1.71. The number of anilines is 2. The van der Waals surface area contributed by atoms with Gasteiger partial charge in [0.25, 0.3) is 0 Å². The average Bonchev–Trinajstić information content (AvgIpc) is 2.55. The van der Waals surface area contributed by atoms with Crippen molar-refractivity contribution >= 4 is 11.9 Å². The molecule has 5 nitrogen and oxygen atoms in total. The molecule has 1 aliphatic rings. The minimum absolute atomic E-state index is 0.160. The van der Waals surface area contributed by atoms with E-state index < -0.39 is 0 Å². The van der Waals surface area contributed by atoms with Crippen LogP contribution in [0.2, 0.25) is 0 Å². The Hall–Kier alpha value is -2.17. The van der Waals surface area contributed by atoms with E-state index in [4.69, 9.17) is 5.73 Å². The van der Waals surface area contributed by atoms with Gasteiger partial charge in [-0.1, -0.05) is 64.3 Å². The number of hydrogen-bond acceptors (Lipinski definition) is 5. The molecule has 1 heterocycles. The molecule has 0 amide bonds. The first-order valence-electron chi connectivity index (χ1n) is 9.26. The highest BCUT2D eigenvalue weighted by atomic mass is 15.2. The van der Waals surface area contributed by atoms with Crippen LogP contribution in [0.3, 0.4) is 0 Å². The van der Waals surface area contributed by atoms with Gasteiger partial charge < -0.3 is 11.1 Å². The second kappa shape index (κ2) is 7.38. The van der Waals surface area contributed by atoms with Crippen molar-refractivity contribution < 1.29 is 0 Å². The van der Waals surface area contributed by atoms with Gasteiger partial charge in [0.2, 0.25) is 11.9 Å². The fourth-order valence-corrected chi connectivity index (χ4v) is 3.32. The number of nitrogens with zero attached hydrogens (tertiary/aromatic N) is 3. The van der Waals surface area contributed by atoms with Crippen LogP contribution in [0.25, 0.3) is 0 Å². The maximum Gasteiger partial charge on any atom is 0.227 e. The molecule has 1 aromatic carbocycles. The van der Waals surface area contributed by atoms with E-state index in [2.05, 4.69) is 65.3 Å². The van der Waals surface area contributed by atoms with Crippen molar-refractivity contribution in [1.82, 2.24) is 15.0 Å². The van der Waals surface area contributed by atoms with E-state index in [-0.39, 0.29) is 11.4 Å². The molecule has 1 aliphatic carbocycles. The Morgan fingerprint density at radius 1 is 1.00 bits per heavy atom. The lowest BCUT2D eigenvalue weighted by Gasteiger charge is -2.22. The molecule has 1 fully saturated rings. The van der Waals surface area contributed by atoms with Gasteiger partial charge in [-0.25, -0.2) is 0 Å². The van der Waals surface area contributed by atoms with Gasteiger partial charge in [-0.2, -0.15) is 15.0 Å². The average molecular weight is 339 g/mol. The number of aromatic nitrogens is 3. The van der Waals surface area contributed by atoms with Crippen LogP contribution in [-0.4, -0.2) is 21.0 Å². The van der Waals surface area contributed by atoms with Gasteiger partial charge in [0.1, 0.15) is 5.82 Å².